The maximum atomic E-state index is 5.64. The van der Waals surface area contributed by atoms with Crippen molar-refractivity contribution in [1.82, 2.24) is 25.2 Å². The smallest absolute Gasteiger partial charge is 0.138 e. The number of nitrogens with one attached hydrogen (secondary N) is 1. The molecular formula is C12H18N6. The molecule has 3 N–H and O–H groups in total. The van der Waals surface area contributed by atoms with Crippen LogP contribution in [0.2, 0.25) is 0 Å². The van der Waals surface area contributed by atoms with Crippen LogP contribution in [0.5, 0.6) is 0 Å². The number of hydrogen-bond acceptors (Lipinski definition) is 5. The van der Waals surface area contributed by atoms with E-state index in [2.05, 4.69) is 26.6 Å². The molecule has 0 spiro atoms. The van der Waals surface area contributed by atoms with Crippen LogP contribution in [0.25, 0.3) is 0 Å². The molecule has 0 aliphatic rings. The van der Waals surface area contributed by atoms with Gasteiger partial charge in [-0.25, -0.2) is 4.98 Å². The van der Waals surface area contributed by atoms with E-state index in [-0.39, 0.29) is 6.04 Å². The van der Waals surface area contributed by atoms with Gasteiger partial charge in [-0.1, -0.05) is 6.07 Å². The molecule has 0 saturated heterocycles. The van der Waals surface area contributed by atoms with Crippen molar-refractivity contribution in [3.8, 4) is 0 Å². The van der Waals surface area contributed by atoms with Gasteiger partial charge < -0.3 is 0 Å². The van der Waals surface area contributed by atoms with E-state index in [9.17, 15) is 0 Å². The molecule has 0 amide bonds. The van der Waals surface area contributed by atoms with Crippen LogP contribution in [-0.2, 0) is 13.5 Å². The van der Waals surface area contributed by atoms with Gasteiger partial charge in [-0.15, -0.1) is 0 Å². The zero-order valence-electron chi connectivity index (χ0n) is 10.9. The third-order valence-corrected chi connectivity index (χ3v) is 3.03. The summed E-state index contributed by atoms with van der Waals surface area (Å²) in [6.45, 7) is 3.97. The first kappa shape index (κ1) is 12.7. The molecule has 0 aliphatic carbocycles. The van der Waals surface area contributed by atoms with E-state index in [1.165, 1.54) is 0 Å². The van der Waals surface area contributed by atoms with E-state index in [0.29, 0.717) is 6.42 Å². The lowest BCUT2D eigenvalue weighted by Crippen LogP contribution is -2.31. The van der Waals surface area contributed by atoms with Gasteiger partial charge in [0, 0.05) is 24.9 Å². The standard InChI is InChI=1S/C12H18N6/c1-8-4-5-10(9(2)16-8)11(17-13)6-12-14-7-15-18(12)3/h4-5,7,11,17H,6,13H2,1-3H3. The van der Waals surface area contributed by atoms with Gasteiger partial charge in [0.05, 0.1) is 6.04 Å². The number of aromatic nitrogens is 4. The second-order valence-electron chi connectivity index (χ2n) is 4.35. The average molecular weight is 246 g/mol. The van der Waals surface area contributed by atoms with Gasteiger partial charge in [-0.3, -0.25) is 20.9 Å². The highest BCUT2D eigenvalue weighted by Crippen LogP contribution is 2.19. The van der Waals surface area contributed by atoms with Crippen LogP contribution in [0.4, 0.5) is 0 Å². The topological polar surface area (TPSA) is 81.7 Å². The van der Waals surface area contributed by atoms with Crippen LogP contribution in [-0.4, -0.2) is 19.7 Å². The van der Waals surface area contributed by atoms with Crippen molar-refractivity contribution in [2.45, 2.75) is 26.3 Å². The fraction of sp³-hybridized carbons (Fsp3) is 0.417. The van der Waals surface area contributed by atoms with Crippen molar-refractivity contribution in [3.63, 3.8) is 0 Å². The summed E-state index contributed by atoms with van der Waals surface area (Å²) in [5, 5.41) is 4.06. The molecule has 0 aromatic carbocycles. The zero-order valence-corrected chi connectivity index (χ0v) is 10.9. The summed E-state index contributed by atoms with van der Waals surface area (Å²) in [5.41, 5.74) is 5.90. The van der Waals surface area contributed by atoms with Crippen LogP contribution in [0.1, 0.15) is 28.8 Å². The Labute approximate surface area is 106 Å². The molecule has 2 aromatic rings. The molecule has 0 fully saturated rings. The fourth-order valence-corrected chi connectivity index (χ4v) is 2.01. The molecule has 2 rings (SSSR count). The predicted octanol–water partition coefficient (Wildman–Crippen LogP) is 0.574. The Kier molecular flexibility index (Phi) is 3.69. The third kappa shape index (κ3) is 2.55. The van der Waals surface area contributed by atoms with Gasteiger partial charge in [0.2, 0.25) is 0 Å². The third-order valence-electron chi connectivity index (χ3n) is 3.03. The summed E-state index contributed by atoms with van der Waals surface area (Å²) in [7, 11) is 1.87. The fourth-order valence-electron chi connectivity index (χ4n) is 2.01. The Morgan fingerprint density at radius 3 is 2.72 bits per heavy atom. The van der Waals surface area contributed by atoms with Crippen LogP contribution in [0, 0.1) is 13.8 Å². The SMILES string of the molecule is Cc1ccc(C(Cc2ncnn2C)NN)c(C)n1. The maximum absolute atomic E-state index is 5.64. The molecule has 0 saturated carbocycles. The van der Waals surface area contributed by atoms with Crippen LogP contribution in [0.15, 0.2) is 18.5 Å². The summed E-state index contributed by atoms with van der Waals surface area (Å²) in [4.78, 5) is 8.67. The lowest BCUT2D eigenvalue weighted by Gasteiger charge is -2.17. The lowest BCUT2D eigenvalue weighted by atomic mass is 10.0. The molecular weight excluding hydrogens is 228 g/mol. The largest absolute Gasteiger partial charge is 0.271 e. The highest BCUT2D eigenvalue weighted by Gasteiger charge is 2.16. The second-order valence-corrected chi connectivity index (χ2v) is 4.35. The van der Waals surface area contributed by atoms with E-state index in [1.807, 2.05) is 27.0 Å². The van der Waals surface area contributed by atoms with Crippen molar-refractivity contribution in [3.05, 3.63) is 41.2 Å². The van der Waals surface area contributed by atoms with Gasteiger partial charge in [0.1, 0.15) is 12.2 Å². The lowest BCUT2D eigenvalue weighted by molar-refractivity contribution is 0.519. The number of hydrogen-bond donors (Lipinski definition) is 2. The van der Waals surface area contributed by atoms with E-state index in [1.54, 1.807) is 11.0 Å². The predicted molar refractivity (Wildman–Crippen MR) is 68.5 cm³/mol. The van der Waals surface area contributed by atoms with Crippen molar-refractivity contribution < 1.29 is 0 Å². The van der Waals surface area contributed by atoms with E-state index >= 15 is 0 Å². The first-order valence-electron chi connectivity index (χ1n) is 5.85. The van der Waals surface area contributed by atoms with Gasteiger partial charge in [-0.05, 0) is 25.5 Å². The monoisotopic (exact) mass is 246 g/mol. The molecule has 0 bridgehead atoms. The molecule has 2 heterocycles. The molecule has 0 radical (unpaired) electrons. The quantitative estimate of drug-likeness (QED) is 0.609. The van der Waals surface area contributed by atoms with E-state index in [4.69, 9.17) is 5.84 Å². The first-order chi connectivity index (χ1) is 8.61. The average Bonchev–Trinajstić information content (AvgIpc) is 2.73. The van der Waals surface area contributed by atoms with Crippen LogP contribution in [0.3, 0.4) is 0 Å². The first-order valence-corrected chi connectivity index (χ1v) is 5.85. The molecule has 1 unspecified atom stereocenters. The number of hydrazine groups is 1. The Balaban J connectivity index is 2.26. The Morgan fingerprint density at radius 1 is 1.39 bits per heavy atom. The second kappa shape index (κ2) is 5.24. The normalized spacial score (nSPS) is 12.7. The number of nitrogens with two attached hydrogens (primary N) is 1. The minimum Gasteiger partial charge on any atom is -0.271 e. The van der Waals surface area contributed by atoms with Crippen molar-refractivity contribution in [2.75, 3.05) is 0 Å². The molecule has 1 atom stereocenters. The van der Waals surface area contributed by atoms with Crippen molar-refractivity contribution in [2.24, 2.45) is 12.9 Å². The minimum atomic E-state index is -0.0130. The van der Waals surface area contributed by atoms with E-state index in [0.717, 1.165) is 22.8 Å². The van der Waals surface area contributed by atoms with E-state index < -0.39 is 0 Å². The summed E-state index contributed by atoms with van der Waals surface area (Å²) < 4.78 is 1.75. The number of nitrogens with zero attached hydrogens (tertiary/aromatic N) is 4. The summed E-state index contributed by atoms with van der Waals surface area (Å²) in [5.74, 6) is 6.53. The summed E-state index contributed by atoms with van der Waals surface area (Å²) >= 11 is 0. The zero-order chi connectivity index (χ0) is 13.1. The van der Waals surface area contributed by atoms with Crippen molar-refractivity contribution >= 4 is 0 Å². The summed E-state index contributed by atoms with van der Waals surface area (Å²) in [6, 6.07) is 4.03. The molecule has 18 heavy (non-hydrogen) atoms. The van der Waals surface area contributed by atoms with Gasteiger partial charge >= 0.3 is 0 Å². The summed E-state index contributed by atoms with van der Waals surface area (Å²) in [6.07, 6.45) is 2.22. The Bertz CT molecular complexity index is 533. The number of aryl methyl sites for hydroxylation is 3. The number of rotatable bonds is 4. The van der Waals surface area contributed by atoms with Gasteiger partial charge in [-0.2, -0.15) is 5.10 Å². The molecule has 0 aliphatic heterocycles. The van der Waals surface area contributed by atoms with Crippen LogP contribution >= 0.6 is 0 Å². The van der Waals surface area contributed by atoms with Gasteiger partial charge in [0.15, 0.2) is 0 Å². The Hall–Kier alpha value is -1.79. The molecule has 2 aromatic heterocycles. The maximum Gasteiger partial charge on any atom is 0.138 e. The minimum absolute atomic E-state index is 0.0130. The highest BCUT2D eigenvalue weighted by atomic mass is 15.3. The van der Waals surface area contributed by atoms with Gasteiger partial charge in [0.25, 0.3) is 0 Å². The molecule has 6 nitrogen and oxygen atoms in total. The number of pyridine rings is 1. The molecule has 6 heteroatoms. The highest BCUT2D eigenvalue weighted by molar-refractivity contribution is 5.25. The molecule has 96 valence electrons. The van der Waals surface area contributed by atoms with Crippen molar-refractivity contribution in [1.29, 1.82) is 0 Å². The van der Waals surface area contributed by atoms with Crippen LogP contribution < -0.4 is 11.3 Å². The Morgan fingerprint density at radius 2 is 2.17 bits per heavy atom.